The monoisotopic (exact) mass is 870 g/mol. The first-order chi connectivity index (χ1) is 30.9. The number of hydrogen-bond acceptors (Lipinski definition) is 9. The van der Waals surface area contributed by atoms with Crippen LogP contribution in [-0.2, 0) is 41.8 Å². The Morgan fingerprint density at radius 2 is 0.714 bits per heavy atom. The molecule has 0 aliphatic heterocycles. The van der Waals surface area contributed by atoms with Crippen LogP contribution in [0.5, 0.6) is 0 Å². The summed E-state index contributed by atoms with van der Waals surface area (Å²) in [6, 6.07) is 23.2. The van der Waals surface area contributed by atoms with E-state index in [0.29, 0.717) is 5.69 Å². The van der Waals surface area contributed by atoms with E-state index in [2.05, 4.69) is 13.8 Å². The van der Waals surface area contributed by atoms with E-state index in [4.69, 9.17) is 18.9 Å². The summed E-state index contributed by atoms with van der Waals surface area (Å²) in [5.41, 5.74) is 2.18. The van der Waals surface area contributed by atoms with Gasteiger partial charge >= 0.3 is 23.9 Å². The molecule has 3 rings (SSSR count). The highest BCUT2D eigenvalue weighted by atomic mass is 16.5. The molecule has 9 heteroatoms. The molecule has 3 aromatic carbocycles. The van der Waals surface area contributed by atoms with Crippen LogP contribution < -0.4 is 4.90 Å². The van der Waals surface area contributed by atoms with Crippen molar-refractivity contribution in [3.05, 3.63) is 101 Å². The number of nitrogens with zero attached hydrogens (tertiary/aromatic N) is 1. The molecule has 0 bridgehead atoms. The fraction of sp³-hybridized carbons (Fsp3) is 0.593. The van der Waals surface area contributed by atoms with Crippen LogP contribution in [0, 0.1) is 0 Å². The average Bonchev–Trinajstić information content (AvgIpc) is 3.30. The van der Waals surface area contributed by atoms with Gasteiger partial charge in [-0.3, -0.25) is 9.59 Å². The normalized spacial score (nSPS) is 11.0. The predicted molar refractivity (Wildman–Crippen MR) is 254 cm³/mol. The van der Waals surface area contributed by atoms with E-state index in [0.717, 1.165) is 49.7 Å². The Hall–Kier alpha value is -4.66. The quantitative estimate of drug-likeness (QED) is 0.0318. The van der Waals surface area contributed by atoms with Gasteiger partial charge in [0, 0.05) is 5.69 Å². The number of unbranched alkanes of at least 4 members (excludes halogenated alkanes) is 22. The van der Waals surface area contributed by atoms with Gasteiger partial charge in [0.1, 0.15) is 26.3 Å². The zero-order valence-corrected chi connectivity index (χ0v) is 38.9. The molecule has 0 atom stereocenters. The van der Waals surface area contributed by atoms with E-state index in [1.54, 1.807) is 12.1 Å². The number of anilines is 1. The maximum absolute atomic E-state index is 13.6. The van der Waals surface area contributed by atoms with Crippen molar-refractivity contribution in [1.29, 1.82) is 0 Å². The first kappa shape index (κ1) is 52.7. The Morgan fingerprint density at radius 3 is 1.05 bits per heavy atom. The lowest BCUT2D eigenvalue weighted by Gasteiger charge is -2.24. The van der Waals surface area contributed by atoms with E-state index >= 15 is 0 Å². The van der Waals surface area contributed by atoms with Crippen molar-refractivity contribution in [2.75, 3.05) is 31.2 Å². The molecular weight excluding hydrogens is 791 g/mol. The largest absolute Gasteiger partial charge is 0.462 e. The Bertz CT molecular complexity index is 1550. The minimum Gasteiger partial charge on any atom is -0.462 e. The molecule has 348 valence electrons. The van der Waals surface area contributed by atoms with Gasteiger partial charge in [-0.25, -0.2) is 9.59 Å². The molecule has 0 amide bonds. The number of carbonyl (C=O) groups excluding carboxylic acids is 4. The number of ether oxygens (including phenoxy) is 4. The number of rotatable bonds is 37. The fourth-order valence-electron chi connectivity index (χ4n) is 7.53. The predicted octanol–water partition coefficient (Wildman–Crippen LogP) is 13.7. The second-order valence-corrected chi connectivity index (χ2v) is 17.0. The van der Waals surface area contributed by atoms with Gasteiger partial charge < -0.3 is 23.8 Å². The van der Waals surface area contributed by atoms with Gasteiger partial charge in [0.05, 0.1) is 24.3 Å². The summed E-state index contributed by atoms with van der Waals surface area (Å²) in [7, 11) is 0. The van der Waals surface area contributed by atoms with E-state index in [1.165, 1.54) is 127 Å². The average molecular weight is 870 g/mol. The van der Waals surface area contributed by atoms with Crippen molar-refractivity contribution in [2.24, 2.45) is 0 Å². The summed E-state index contributed by atoms with van der Waals surface area (Å²) in [6.07, 6.45) is 28.8. The van der Waals surface area contributed by atoms with Crippen LogP contribution in [0.15, 0.2) is 78.9 Å². The Balaban J connectivity index is 1.64. The van der Waals surface area contributed by atoms with Gasteiger partial charge in [0.15, 0.2) is 0 Å². The summed E-state index contributed by atoms with van der Waals surface area (Å²) in [5, 5.41) is 0. The van der Waals surface area contributed by atoms with E-state index in [-0.39, 0.29) is 50.6 Å². The second-order valence-electron chi connectivity index (χ2n) is 17.0. The lowest BCUT2D eigenvalue weighted by Crippen LogP contribution is -2.36. The SMILES string of the molecule is CCCCCCCCCCCCCCOC(=O)c1cc(C(=O)OCCCCCCCCCCCCCC)cc(N(CC(=O)OCc2ccccc2)CC(=O)OCc2ccccc2)c1. The minimum atomic E-state index is -0.592. The van der Waals surface area contributed by atoms with Crippen LogP contribution in [0.1, 0.15) is 200 Å². The first-order valence-electron chi connectivity index (χ1n) is 24.5. The third-order valence-electron chi connectivity index (χ3n) is 11.3. The summed E-state index contributed by atoms with van der Waals surface area (Å²) >= 11 is 0. The number of benzene rings is 3. The third kappa shape index (κ3) is 25.3. The standard InChI is InChI=1S/C54H79NO8/c1-3-5-7-9-11-13-15-17-19-21-23-31-37-60-53(58)48-39-49(54(59)61-38-32-24-22-20-18-16-14-12-10-8-6-4-2)41-50(40-48)55(42-51(56)62-44-46-33-27-25-28-34-46)43-52(57)63-45-47-35-29-26-30-36-47/h25-30,33-36,39-41H,3-24,31-32,37-38,42-45H2,1-2H3. The van der Waals surface area contributed by atoms with Gasteiger partial charge in [-0.2, -0.15) is 0 Å². The molecular formula is C54H79NO8. The highest BCUT2D eigenvalue weighted by Crippen LogP contribution is 2.23. The van der Waals surface area contributed by atoms with Crippen molar-refractivity contribution in [3.8, 4) is 0 Å². The van der Waals surface area contributed by atoms with E-state index in [1.807, 2.05) is 60.7 Å². The second kappa shape index (κ2) is 34.8. The van der Waals surface area contributed by atoms with Crippen LogP contribution in [0.3, 0.4) is 0 Å². The summed E-state index contributed by atoms with van der Waals surface area (Å²) in [6.45, 7) is 4.42. The number of carbonyl (C=O) groups is 4. The van der Waals surface area contributed by atoms with Crippen molar-refractivity contribution in [2.45, 2.75) is 181 Å². The molecule has 0 unspecified atom stereocenters. The van der Waals surface area contributed by atoms with Gasteiger partial charge in [-0.15, -0.1) is 0 Å². The molecule has 0 aliphatic carbocycles. The molecule has 0 saturated carbocycles. The highest BCUT2D eigenvalue weighted by molar-refractivity contribution is 5.97. The molecule has 0 spiro atoms. The maximum atomic E-state index is 13.6. The van der Waals surface area contributed by atoms with Gasteiger partial charge in [0.2, 0.25) is 0 Å². The van der Waals surface area contributed by atoms with Gasteiger partial charge in [0.25, 0.3) is 0 Å². The summed E-state index contributed by atoms with van der Waals surface area (Å²) < 4.78 is 22.6. The number of hydrogen-bond donors (Lipinski definition) is 0. The summed E-state index contributed by atoms with van der Waals surface area (Å²) in [4.78, 5) is 55.2. The van der Waals surface area contributed by atoms with Gasteiger partial charge in [-0.05, 0) is 42.2 Å². The Morgan fingerprint density at radius 1 is 0.397 bits per heavy atom. The molecule has 0 N–H and O–H groups in total. The highest BCUT2D eigenvalue weighted by Gasteiger charge is 2.23. The molecule has 0 heterocycles. The molecule has 0 aliphatic rings. The lowest BCUT2D eigenvalue weighted by molar-refractivity contribution is -0.144. The fourth-order valence-corrected chi connectivity index (χ4v) is 7.53. The van der Waals surface area contributed by atoms with Crippen LogP contribution in [-0.4, -0.2) is 50.2 Å². The van der Waals surface area contributed by atoms with Crippen molar-refractivity contribution in [3.63, 3.8) is 0 Å². The topological polar surface area (TPSA) is 108 Å². The first-order valence-corrected chi connectivity index (χ1v) is 24.5. The lowest BCUT2D eigenvalue weighted by atomic mass is 10.1. The van der Waals surface area contributed by atoms with Crippen LogP contribution in [0.2, 0.25) is 0 Å². The van der Waals surface area contributed by atoms with Crippen LogP contribution in [0.4, 0.5) is 5.69 Å². The molecule has 0 saturated heterocycles. The van der Waals surface area contributed by atoms with E-state index < -0.39 is 23.9 Å². The smallest absolute Gasteiger partial charge is 0.338 e. The molecule has 63 heavy (non-hydrogen) atoms. The van der Waals surface area contributed by atoms with Crippen molar-refractivity contribution in [1.82, 2.24) is 0 Å². The molecule has 0 fully saturated rings. The zero-order valence-electron chi connectivity index (χ0n) is 38.9. The Labute approximate surface area is 380 Å². The Kier molecular flexibility index (Phi) is 29.1. The maximum Gasteiger partial charge on any atom is 0.338 e. The van der Waals surface area contributed by atoms with E-state index in [9.17, 15) is 19.2 Å². The van der Waals surface area contributed by atoms with Crippen molar-refractivity contribution < 1.29 is 38.1 Å². The molecule has 0 aromatic heterocycles. The summed E-state index contributed by atoms with van der Waals surface area (Å²) in [5.74, 6) is -2.36. The zero-order chi connectivity index (χ0) is 45.0. The van der Waals surface area contributed by atoms with Crippen LogP contribution >= 0.6 is 0 Å². The minimum absolute atomic E-state index is 0.0498. The van der Waals surface area contributed by atoms with Crippen LogP contribution in [0.25, 0.3) is 0 Å². The molecule has 0 radical (unpaired) electrons. The van der Waals surface area contributed by atoms with Crippen molar-refractivity contribution >= 4 is 29.6 Å². The van der Waals surface area contributed by atoms with Gasteiger partial charge in [-0.1, -0.05) is 216 Å². The molecule has 3 aromatic rings. The third-order valence-corrected chi connectivity index (χ3v) is 11.3. The number of esters is 4. The molecule has 9 nitrogen and oxygen atoms in total.